The molecule has 0 atom stereocenters. The topological polar surface area (TPSA) is 51.0 Å². The van der Waals surface area contributed by atoms with Crippen molar-refractivity contribution in [3.8, 4) is 0 Å². The molecule has 1 heterocycles. The number of benzene rings is 1. The first-order valence-corrected chi connectivity index (χ1v) is 6.46. The fourth-order valence-electron chi connectivity index (χ4n) is 1.76. The van der Waals surface area contributed by atoms with Crippen LogP contribution in [0.4, 0.5) is 4.39 Å². The molecule has 0 bridgehead atoms. The third kappa shape index (κ3) is 3.54. The summed E-state index contributed by atoms with van der Waals surface area (Å²) in [6.45, 7) is 0.579. The van der Waals surface area contributed by atoms with Crippen molar-refractivity contribution in [1.29, 1.82) is 0 Å². The lowest BCUT2D eigenvalue weighted by atomic mass is 10.2. The quantitative estimate of drug-likeness (QED) is 0.849. The molecule has 0 radical (unpaired) electrons. The fourth-order valence-corrected chi connectivity index (χ4v) is 1.98. The van der Waals surface area contributed by atoms with E-state index in [4.69, 9.17) is 11.6 Å². The predicted octanol–water partition coefficient (Wildman–Crippen LogP) is 2.12. The molecule has 106 valence electrons. The zero-order valence-electron chi connectivity index (χ0n) is 11.0. The van der Waals surface area contributed by atoms with Crippen LogP contribution in [-0.4, -0.2) is 32.8 Å². The van der Waals surface area contributed by atoms with Crippen LogP contribution >= 0.6 is 11.6 Å². The Labute approximate surface area is 120 Å². The Balaban J connectivity index is 1.94. The van der Waals surface area contributed by atoms with Crippen LogP contribution in [0, 0.1) is 5.82 Å². The molecule has 0 fully saturated rings. The number of amides is 1. The maximum Gasteiger partial charge on any atom is 0.224 e. The van der Waals surface area contributed by atoms with Gasteiger partial charge in [0.15, 0.2) is 0 Å². The summed E-state index contributed by atoms with van der Waals surface area (Å²) in [7, 11) is 1.62. The van der Waals surface area contributed by atoms with Crippen molar-refractivity contribution < 1.29 is 9.18 Å². The molecule has 2 aromatic rings. The van der Waals surface area contributed by atoms with E-state index >= 15 is 0 Å². The number of rotatable bonds is 5. The van der Waals surface area contributed by atoms with Crippen LogP contribution in [0.1, 0.15) is 12.0 Å². The van der Waals surface area contributed by atoms with Crippen molar-refractivity contribution in [3.63, 3.8) is 0 Å². The molecule has 7 heteroatoms. The minimum absolute atomic E-state index is 0.111. The molecular weight excluding hydrogens is 283 g/mol. The molecule has 0 saturated heterocycles. The van der Waals surface area contributed by atoms with Gasteiger partial charge in [-0.3, -0.25) is 9.48 Å². The zero-order chi connectivity index (χ0) is 14.5. The lowest BCUT2D eigenvalue weighted by Gasteiger charge is -2.18. The molecule has 1 aromatic carbocycles. The Hall–Kier alpha value is -1.95. The van der Waals surface area contributed by atoms with Crippen LogP contribution < -0.4 is 0 Å². The third-order valence-electron chi connectivity index (χ3n) is 2.91. The maximum absolute atomic E-state index is 13.6. The van der Waals surface area contributed by atoms with Gasteiger partial charge in [-0.15, -0.1) is 5.10 Å². The molecule has 0 spiro atoms. The van der Waals surface area contributed by atoms with Crippen molar-refractivity contribution in [3.05, 3.63) is 47.0 Å². The molecule has 1 aromatic heterocycles. The third-order valence-corrected chi connectivity index (χ3v) is 3.26. The van der Waals surface area contributed by atoms with Gasteiger partial charge in [-0.05, 0) is 12.1 Å². The second kappa shape index (κ2) is 6.47. The van der Waals surface area contributed by atoms with Crippen LogP contribution in [0.25, 0.3) is 0 Å². The highest BCUT2D eigenvalue weighted by Gasteiger charge is 2.14. The lowest BCUT2D eigenvalue weighted by Crippen LogP contribution is -2.27. The van der Waals surface area contributed by atoms with Crippen LogP contribution in [0.3, 0.4) is 0 Å². The Morgan fingerprint density at radius 3 is 2.95 bits per heavy atom. The minimum atomic E-state index is -0.409. The molecule has 2 rings (SSSR count). The Morgan fingerprint density at radius 1 is 1.50 bits per heavy atom. The first-order chi connectivity index (χ1) is 9.58. The van der Waals surface area contributed by atoms with E-state index in [0.717, 1.165) is 0 Å². The number of nitrogens with zero attached hydrogens (tertiary/aromatic N) is 4. The second-order valence-corrected chi connectivity index (χ2v) is 4.77. The minimum Gasteiger partial charge on any atom is -0.341 e. The molecular formula is C13H14ClFN4O. The van der Waals surface area contributed by atoms with Gasteiger partial charge in [0.25, 0.3) is 0 Å². The van der Waals surface area contributed by atoms with Crippen LogP contribution in [0.5, 0.6) is 0 Å². The standard InChI is InChI=1S/C13H14ClFN4O/c1-18(9-10-11(14)3-2-4-12(10)15)13(20)5-7-19-8-6-16-17-19/h2-4,6,8H,5,7,9H2,1H3. The number of halogens is 2. The van der Waals surface area contributed by atoms with Crippen LogP contribution in [0.2, 0.25) is 5.02 Å². The van der Waals surface area contributed by atoms with E-state index in [9.17, 15) is 9.18 Å². The van der Waals surface area contributed by atoms with Crippen LogP contribution in [0.15, 0.2) is 30.6 Å². The second-order valence-electron chi connectivity index (χ2n) is 4.37. The Morgan fingerprint density at radius 2 is 2.30 bits per heavy atom. The average Bonchev–Trinajstić information content (AvgIpc) is 2.93. The number of hydrogen-bond acceptors (Lipinski definition) is 3. The van der Waals surface area contributed by atoms with Crippen molar-refractivity contribution in [2.75, 3.05) is 7.05 Å². The summed E-state index contributed by atoms with van der Waals surface area (Å²) in [5, 5.41) is 7.75. The number of aryl methyl sites for hydroxylation is 1. The molecule has 1 amide bonds. The number of aromatic nitrogens is 3. The predicted molar refractivity (Wildman–Crippen MR) is 72.5 cm³/mol. The van der Waals surface area contributed by atoms with Gasteiger partial charge < -0.3 is 4.90 Å². The molecule has 20 heavy (non-hydrogen) atoms. The zero-order valence-corrected chi connectivity index (χ0v) is 11.7. The maximum atomic E-state index is 13.6. The monoisotopic (exact) mass is 296 g/mol. The lowest BCUT2D eigenvalue weighted by molar-refractivity contribution is -0.130. The summed E-state index contributed by atoms with van der Waals surface area (Å²) in [4.78, 5) is 13.4. The van der Waals surface area contributed by atoms with Gasteiger partial charge in [0.05, 0.1) is 12.7 Å². The molecule has 0 aliphatic rings. The summed E-state index contributed by atoms with van der Waals surface area (Å²) < 4.78 is 15.2. The number of hydrogen-bond donors (Lipinski definition) is 0. The number of carbonyl (C=O) groups is 1. The van der Waals surface area contributed by atoms with Gasteiger partial charge in [0.2, 0.25) is 5.91 Å². The summed E-state index contributed by atoms with van der Waals surface area (Å²) in [6, 6.07) is 4.47. The average molecular weight is 297 g/mol. The van der Waals surface area contributed by atoms with Gasteiger partial charge in [0.1, 0.15) is 5.82 Å². The largest absolute Gasteiger partial charge is 0.341 e. The molecule has 0 N–H and O–H groups in total. The molecule has 5 nitrogen and oxygen atoms in total. The highest BCUT2D eigenvalue weighted by atomic mass is 35.5. The smallest absolute Gasteiger partial charge is 0.224 e. The van der Waals surface area contributed by atoms with Crippen LogP contribution in [-0.2, 0) is 17.9 Å². The van der Waals surface area contributed by atoms with Crippen molar-refractivity contribution in [2.24, 2.45) is 0 Å². The highest BCUT2D eigenvalue weighted by molar-refractivity contribution is 6.31. The molecule has 0 aliphatic carbocycles. The summed E-state index contributed by atoms with van der Waals surface area (Å²) >= 11 is 5.94. The van der Waals surface area contributed by atoms with E-state index in [-0.39, 0.29) is 18.9 Å². The number of carbonyl (C=O) groups excluding carboxylic acids is 1. The Bertz CT molecular complexity index is 568. The summed E-state index contributed by atoms with van der Waals surface area (Å²) in [5.41, 5.74) is 0.325. The van der Waals surface area contributed by atoms with E-state index < -0.39 is 5.82 Å². The van der Waals surface area contributed by atoms with E-state index in [1.54, 1.807) is 30.2 Å². The van der Waals surface area contributed by atoms with Crippen molar-refractivity contribution in [1.82, 2.24) is 19.9 Å². The fraction of sp³-hybridized carbons (Fsp3) is 0.308. The van der Waals surface area contributed by atoms with Gasteiger partial charge in [-0.25, -0.2) is 4.39 Å². The van der Waals surface area contributed by atoms with Crippen molar-refractivity contribution >= 4 is 17.5 Å². The molecule has 0 unspecified atom stereocenters. The SMILES string of the molecule is CN(Cc1c(F)cccc1Cl)C(=O)CCn1ccnn1. The van der Waals surface area contributed by atoms with Gasteiger partial charge in [-0.1, -0.05) is 22.9 Å². The first kappa shape index (κ1) is 14.5. The molecule has 0 aliphatic heterocycles. The summed E-state index contributed by atoms with van der Waals surface area (Å²) in [6.07, 6.45) is 3.50. The normalized spacial score (nSPS) is 10.6. The van der Waals surface area contributed by atoms with E-state index in [1.165, 1.54) is 17.0 Å². The first-order valence-electron chi connectivity index (χ1n) is 6.09. The van der Waals surface area contributed by atoms with Crippen molar-refractivity contribution in [2.45, 2.75) is 19.5 Å². The molecule has 0 saturated carbocycles. The van der Waals surface area contributed by atoms with Gasteiger partial charge in [0, 0.05) is 36.8 Å². The van der Waals surface area contributed by atoms with Gasteiger partial charge >= 0.3 is 0 Å². The van der Waals surface area contributed by atoms with Gasteiger partial charge in [-0.2, -0.15) is 0 Å². The summed E-state index contributed by atoms with van der Waals surface area (Å²) in [5.74, 6) is -0.520. The van der Waals surface area contributed by atoms with E-state index in [1.807, 2.05) is 0 Å². The Kier molecular flexibility index (Phi) is 4.68. The highest BCUT2D eigenvalue weighted by Crippen LogP contribution is 2.20. The van der Waals surface area contributed by atoms with E-state index in [0.29, 0.717) is 17.1 Å². The van der Waals surface area contributed by atoms with E-state index in [2.05, 4.69) is 10.3 Å².